The third-order valence-corrected chi connectivity index (χ3v) is 11.7. The van der Waals surface area contributed by atoms with Crippen LogP contribution in [-0.4, -0.2) is 0 Å². The van der Waals surface area contributed by atoms with Gasteiger partial charge in [-0.25, -0.2) is 0 Å². The third-order valence-electron chi connectivity index (χ3n) is 11.7. The molecule has 0 aliphatic carbocycles. The zero-order valence-electron chi connectivity index (χ0n) is 30.3. The average molecular weight is 713 g/mol. The van der Waals surface area contributed by atoms with Crippen molar-refractivity contribution in [3.8, 4) is 44.5 Å². The molecule has 0 aliphatic heterocycles. The quantitative estimate of drug-likeness (QED) is 0.170. The van der Waals surface area contributed by atoms with Crippen molar-refractivity contribution in [3.05, 3.63) is 194 Å². The maximum Gasteiger partial charge on any atom is 0.136 e. The van der Waals surface area contributed by atoms with Gasteiger partial charge in [-0.05, 0) is 131 Å². The highest BCUT2D eigenvalue weighted by Crippen LogP contribution is 2.47. The van der Waals surface area contributed by atoms with E-state index in [9.17, 15) is 0 Å². The summed E-state index contributed by atoms with van der Waals surface area (Å²) in [6, 6.07) is 70.1. The van der Waals surface area contributed by atoms with Crippen molar-refractivity contribution in [2.45, 2.75) is 0 Å². The Morgan fingerprint density at radius 3 is 1.34 bits per heavy atom. The van der Waals surface area contributed by atoms with Crippen molar-refractivity contribution in [1.82, 2.24) is 0 Å². The van der Waals surface area contributed by atoms with Crippen LogP contribution in [-0.2, 0) is 0 Å². The van der Waals surface area contributed by atoms with Gasteiger partial charge in [0, 0.05) is 21.5 Å². The fraction of sp³-hybridized carbons (Fsp3) is 0. The molecule has 0 spiro atoms. The topological polar surface area (TPSA) is 26.3 Å². The summed E-state index contributed by atoms with van der Waals surface area (Å²) in [5, 5.41) is 11.8. The number of fused-ring (bicyclic) bond motifs is 9. The summed E-state index contributed by atoms with van der Waals surface area (Å²) in [5.41, 5.74) is 13.0. The monoisotopic (exact) mass is 712 g/mol. The number of benzene rings is 10. The standard InChI is InChI=1S/C54H32O2/c1-2-12-33(13-3-1)37-28-34-14-4-5-15-40(34)49(29-37)54-45-20-10-18-38(35-24-26-43-41-16-6-8-22-50(41)55-52(43)30-35)47(45)32-48-39(19-11-21-46(48)54)36-25-27-44-42-17-7-9-23-51(42)56-53(44)31-36/h1-32H. The molecule has 2 nitrogen and oxygen atoms in total. The lowest BCUT2D eigenvalue weighted by Crippen LogP contribution is -1.92. The number of hydrogen-bond donors (Lipinski definition) is 0. The minimum atomic E-state index is 0.892. The highest BCUT2D eigenvalue weighted by molar-refractivity contribution is 6.22. The maximum atomic E-state index is 6.42. The molecule has 12 aromatic rings. The molecule has 260 valence electrons. The van der Waals surface area contributed by atoms with Crippen LogP contribution in [0.4, 0.5) is 0 Å². The lowest BCUT2D eigenvalue weighted by molar-refractivity contribution is 0.668. The van der Waals surface area contributed by atoms with Crippen molar-refractivity contribution in [2.24, 2.45) is 0 Å². The molecule has 0 aliphatic rings. The van der Waals surface area contributed by atoms with Gasteiger partial charge in [-0.2, -0.15) is 0 Å². The molecule has 2 heteroatoms. The molecule has 0 N–H and O–H groups in total. The summed E-state index contributed by atoms with van der Waals surface area (Å²) >= 11 is 0. The number of rotatable bonds is 4. The Labute approximate surface area is 322 Å². The summed E-state index contributed by atoms with van der Waals surface area (Å²) in [7, 11) is 0. The van der Waals surface area contributed by atoms with Gasteiger partial charge in [-0.3, -0.25) is 0 Å². The molecule has 0 radical (unpaired) electrons. The first-order chi connectivity index (χ1) is 27.7. The molecule has 56 heavy (non-hydrogen) atoms. The van der Waals surface area contributed by atoms with Crippen LogP contribution in [0, 0.1) is 0 Å². The van der Waals surface area contributed by atoms with Crippen LogP contribution in [0.5, 0.6) is 0 Å². The van der Waals surface area contributed by atoms with E-state index in [1.165, 1.54) is 65.7 Å². The smallest absolute Gasteiger partial charge is 0.136 e. The predicted octanol–water partition coefficient (Wildman–Crippen LogP) is 15.6. The Bertz CT molecular complexity index is 3360. The molecule has 0 saturated carbocycles. The van der Waals surface area contributed by atoms with E-state index in [1.807, 2.05) is 24.3 Å². The molecule has 12 rings (SSSR count). The fourth-order valence-electron chi connectivity index (χ4n) is 9.06. The Hall–Kier alpha value is -7.42. The van der Waals surface area contributed by atoms with Crippen LogP contribution in [0.2, 0.25) is 0 Å². The van der Waals surface area contributed by atoms with Gasteiger partial charge in [-0.15, -0.1) is 0 Å². The third kappa shape index (κ3) is 4.69. The SMILES string of the molecule is c1ccc(-c2cc(-c3c4cccc(-c5ccc6c(c5)oc5ccccc56)c4cc4c(-c5ccc6c(c5)oc5ccccc56)cccc34)c3ccccc3c2)cc1. The van der Waals surface area contributed by atoms with Crippen LogP contribution < -0.4 is 0 Å². The molecular weight excluding hydrogens is 681 g/mol. The Morgan fingerprint density at radius 1 is 0.232 bits per heavy atom. The van der Waals surface area contributed by atoms with Gasteiger partial charge < -0.3 is 8.83 Å². The van der Waals surface area contributed by atoms with Crippen molar-refractivity contribution in [2.75, 3.05) is 0 Å². The number of furan rings is 2. The molecule has 0 amide bonds. The first-order valence-corrected chi connectivity index (χ1v) is 19.2. The molecule has 0 saturated heterocycles. The summed E-state index contributed by atoms with van der Waals surface area (Å²) in [4.78, 5) is 0. The van der Waals surface area contributed by atoms with E-state index in [2.05, 4.69) is 170 Å². The van der Waals surface area contributed by atoms with Gasteiger partial charge in [0.1, 0.15) is 22.3 Å². The average Bonchev–Trinajstić information content (AvgIpc) is 3.83. The van der Waals surface area contributed by atoms with E-state index in [0.717, 1.165) is 55.0 Å². The van der Waals surface area contributed by atoms with Crippen molar-refractivity contribution < 1.29 is 8.83 Å². The maximum absolute atomic E-state index is 6.42. The lowest BCUT2D eigenvalue weighted by atomic mass is 9.84. The predicted molar refractivity (Wildman–Crippen MR) is 235 cm³/mol. The van der Waals surface area contributed by atoms with Gasteiger partial charge in [0.25, 0.3) is 0 Å². The highest BCUT2D eigenvalue weighted by atomic mass is 16.3. The zero-order chi connectivity index (χ0) is 36.7. The van der Waals surface area contributed by atoms with Gasteiger partial charge in [-0.1, -0.05) is 140 Å². The summed E-state index contributed by atoms with van der Waals surface area (Å²) in [6.45, 7) is 0. The van der Waals surface area contributed by atoms with Crippen LogP contribution >= 0.6 is 0 Å². The second-order valence-electron chi connectivity index (χ2n) is 14.8. The second-order valence-corrected chi connectivity index (χ2v) is 14.8. The van der Waals surface area contributed by atoms with Gasteiger partial charge in [0.15, 0.2) is 0 Å². The van der Waals surface area contributed by atoms with E-state index in [-0.39, 0.29) is 0 Å². The minimum absolute atomic E-state index is 0.892. The summed E-state index contributed by atoms with van der Waals surface area (Å²) in [5.74, 6) is 0. The highest BCUT2D eigenvalue weighted by Gasteiger charge is 2.20. The van der Waals surface area contributed by atoms with Crippen molar-refractivity contribution in [1.29, 1.82) is 0 Å². The molecule has 2 heterocycles. The molecule has 2 aromatic heterocycles. The molecular formula is C54H32O2. The minimum Gasteiger partial charge on any atom is -0.456 e. The van der Waals surface area contributed by atoms with Crippen LogP contribution in [0.1, 0.15) is 0 Å². The normalized spacial score (nSPS) is 11.9. The first-order valence-electron chi connectivity index (χ1n) is 19.2. The fourth-order valence-corrected chi connectivity index (χ4v) is 9.06. The van der Waals surface area contributed by atoms with Crippen molar-refractivity contribution in [3.63, 3.8) is 0 Å². The first kappa shape index (κ1) is 31.0. The summed E-state index contributed by atoms with van der Waals surface area (Å²) in [6.07, 6.45) is 0. The Balaban J connectivity index is 1.19. The molecule has 0 atom stereocenters. The zero-order valence-corrected chi connectivity index (χ0v) is 30.3. The lowest BCUT2D eigenvalue weighted by Gasteiger charge is -2.19. The molecule has 0 fully saturated rings. The van der Waals surface area contributed by atoms with Crippen molar-refractivity contribution >= 4 is 76.2 Å². The molecule has 0 unspecified atom stereocenters. The van der Waals surface area contributed by atoms with E-state index < -0.39 is 0 Å². The van der Waals surface area contributed by atoms with Crippen LogP contribution in [0.25, 0.3) is 121 Å². The molecule has 10 aromatic carbocycles. The van der Waals surface area contributed by atoms with E-state index >= 15 is 0 Å². The van der Waals surface area contributed by atoms with Gasteiger partial charge in [0.05, 0.1) is 0 Å². The van der Waals surface area contributed by atoms with E-state index in [4.69, 9.17) is 8.83 Å². The second kappa shape index (κ2) is 12.0. The van der Waals surface area contributed by atoms with Gasteiger partial charge in [0.2, 0.25) is 0 Å². The Kier molecular flexibility index (Phi) is 6.66. The van der Waals surface area contributed by atoms with Crippen LogP contribution in [0.3, 0.4) is 0 Å². The number of hydrogen-bond acceptors (Lipinski definition) is 2. The van der Waals surface area contributed by atoms with E-state index in [1.54, 1.807) is 0 Å². The van der Waals surface area contributed by atoms with Crippen LogP contribution in [0.15, 0.2) is 203 Å². The summed E-state index contributed by atoms with van der Waals surface area (Å²) < 4.78 is 12.8. The largest absolute Gasteiger partial charge is 0.456 e. The molecule has 0 bridgehead atoms. The van der Waals surface area contributed by atoms with Gasteiger partial charge >= 0.3 is 0 Å². The van der Waals surface area contributed by atoms with E-state index in [0.29, 0.717) is 0 Å². The number of para-hydroxylation sites is 2. The Morgan fingerprint density at radius 2 is 0.732 bits per heavy atom.